The van der Waals surface area contributed by atoms with Crippen LogP contribution in [0.15, 0.2) is 30.7 Å². The lowest BCUT2D eigenvalue weighted by Crippen LogP contribution is -2.23. The van der Waals surface area contributed by atoms with Gasteiger partial charge in [-0.1, -0.05) is 19.3 Å². The van der Waals surface area contributed by atoms with Gasteiger partial charge in [0, 0.05) is 30.7 Å². The Balaban J connectivity index is 1.51. The summed E-state index contributed by atoms with van der Waals surface area (Å²) in [6.07, 6.45) is 10.2. The predicted molar refractivity (Wildman–Crippen MR) is 99.4 cm³/mol. The number of aromatic nitrogens is 2. The zero-order valence-corrected chi connectivity index (χ0v) is 16.0. The molecular weight excluding hydrogens is 368 g/mol. The number of carbonyl (C=O) groups is 2. The van der Waals surface area contributed by atoms with Gasteiger partial charge in [0.1, 0.15) is 5.69 Å². The summed E-state index contributed by atoms with van der Waals surface area (Å²) in [5.74, 6) is -0.290. The third kappa shape index (κ3) is 4.51. The molecule has 2 aromatic heterocycles. The summed E-state index contributed by atoms with van der Waals surface area (Å²) < 4.78 is 28.3. The Morgan fingerprint density at radius 1 is 0.963 bits per heavy atom. The van der Waals surface area contributed by atoms with Gasteiger partial charge in [-0.3, -0.25) is 18.8 Å². The van der Waals surface area contributed by atoms with E-state index in [1.807, 2.05) is 4.57 Å². The normalized spacial score (nSPS) is 13.5. The average molecular weight is 390 g/mol. The first kappa shape index (κ1) is 19.4. The molecule has 0 saturated heterocycles. The van der Waals surface area contributed by atoms with E-state index < -0.39 is 10.1 Å². The molecule has 0 N–H and O–H groups in total. The van der Waals surface area contributed by atoms with Crippen LogP contribution < -0.4 is 0 Å². The van der Waals surface area contributed by atoms with Crippen molar-refractivity contribution in [2.75, 3.05) is 12.9 Å². The first-order valence-corrected chi connectivity index (χ1v) is 10.8. The van der Waals surface area contributed by atoms with E-state index in [-0.39, 0.29) is 18.2 Å². The minimum atomic E-state index is -3.36. The number of nitrogens with zero attached hydrogens (tertiary/aromatic N) is 2. The molecule has 2 heterocycles. The van der Waals surface area contributed by atoms with Gasteiger partial charge < -0.3 is 4.57 Å². The van der Waals surface area contributed by atoms with Gasteiger partial charge in [0.15, 0.2) is 5.78 Å². The smallest absolute Gasteiger partial charge is 0.264 e. The van der Waals surface area contributed by atoms with Crippen molar-refractivity contribution in [1.29, 1.82) is 0 Å². The third-order valence-corrected chi connectivity index (χ3v) is 5.17. The maximum Gasteiger partial charge on any atom is 0.264 e. The van der Waals surface area contributed by atoms with Crippen molar-refractivity contribution in [3.8, 4) is 0 Å². The molecule has 1 aliphatic rings. The number of carbonyl (C=O) groups excluding carboxylic acids is 2. The van der Waals surface area contributed by atoms with Gasteiger partial charge in [0.2, 0.25) is 5.78 Å². The average Bonchev–Trinajstić information content (AvgIpc) is 3.05. The summed E-state index contributed by atoms with van der Waals surface area (Å²) >= 11 is 0. The van der Waals surface area contributed by atoms with Crippen LogP contribution in [0.2, 0.25) is 0 Å². The molecule has 0 saturated carbocycles. The zero-order valence-electron chi connectivity index (χ0n) is 15.2. The van der Waals surface area contributed by atoms with Crippen LogP contribution in [0.3, 0.4) is 0 Å². The molecule has 0 radical (unpaired) electrons. The Bertz CT molecular complexity index is 962. The number of ketones is 2. The lowest BCUT2D eigenvalue weighted by molar-refractivity contribution is 0.0973. The van der Waals surface area contributed by atoms with Crippen molar-refractivity contribution < 1.29 is 22.2 Å². The SMILES string of the molecule is CS(=O)(=O)OCCCCCCCn1ccc2c1C(=O)c1cnccc1C2=O. The summed E-state index contributed by atoms with van der Waals surface area (Å²) in [5, 5.41) is 0. The fourth-order valence-electron chi connectivity index (χ4n) is 3.27. The lowest BCUT2D eigenvalue weighted by atomic mass is 9.89. The van der Waals surface area contributed by atoms with Crippen LogP contribution >= 0.6 is 0 Å². The molecule has 0 amide bonds. The molecular formula is C19H22N2O5S. The quantitative estimate of drug-likeness (QED) is 0.412. The van der Waals surface area contributed by atoms with Gasteiger partial charge in [-0.05, 0) is 25.0 Å². The summed E-state index contributed by atoms with van der Waals surface area (Å²) in [4.78, 5) is 29.3. The summed E-state index contributed by atoms with van der Waals surface area (Å²) in [6.45, 7) is 0.873. The number of unbranched alkanes of at least 4 members (excludes halogenated alkanes) is 4. The molecule has 0 fully saturated rings. The zero-order chi connectivity index (χ0) is 19.4. The van der Waals surface area contributed by atoms with E-state index in [0.29, 0.717) is 35.3 Å². The van der Waals surface area contributed by atoms with Gasteiger partial charge in [-0.15, -0.1) is 0 Å². The third-order valence-electron chi connectivity index (χ3n) is 4.57. The monoisotopic (exact) mass is 390 g/mol. The van der Waals surface area contributed by atoms with E-state index in [0.717, 1.165) is 31.9 Å². The minimum Gasteiger partial charge on any atom is -0.344 e. The maximum absolute atomic E-state index is 12.7. The molecule has 0 aliphatic heterocycles. The van der Waals surface area contributed by atoms with E-state index in [1.165, 1.54) is 12.4 Å². The van der Waals surface area contributed by atoms with Crippen LogP contribution in [0.25, 0.3) is 0 Å². The topological polar surface area (TPSA) is 95.3 Å². The Kier molecular flexibility index (Phi) is 5.86. The molecule has 7 nitrogen and oxygen atoms in total. The molecule has 0 spiro atoms. The van der Waals surface area contributed by atoms with Crippen molar-refractivity contribution >= 4 is 21.7 Å². The minimum absolute atomic E-state index is 0.133. The first-order chi connectivity index (χ1) is 12.9. The molecule has 8 heteroatoms. The standard InChI is InChI=1S/C19H22N2O5S/c1-27(24,25)26-12-6-4-2-3-5-10-21-11-8-15-17(21)19(23)16-13-20-9-7-14(16)18(15)22/h7-9,11,13H,2-6,10,12H2,1H3. The van der Waals surface area contributed by atoms with Crippen molar-refractivity contribution in [3.05, 3.63) is 53.1 Å². The second kappa shape index (κ2) is 8.14. The molecule has 0 atom stereocenters. The lowest BCUT2D eigenvalue weighted by Gasteiger charge is -2.16. The maximum atomic E-state index is 12.7. The van der Waals surface area contributed by atoms with Crippen LogP contribution in [0.5, 0.6) is 0 Å². The van der Waals surface area contributed by atoms with Gasteiger partial charge >= 0.3 is 0 Å². The van der Waals surface area contributed by atoms with Crippen LogP contribution in [0, 0.1) is 0 Å². The van der Waals surface area contributed by atoms with Crippen LogP contribution in [0.1, 0.15) is 64.1 Å². The van der Waals surface area contributed by atoms with Gasteiger partial charge in [0.05, 0.1) is 24.0 Å². The Hall–Kier alpha value is -2.32. The van der Waals surface area contributed by atoms with E-state index in [4.69, 9.17) is 4.18 Å². The van der Waals surface area contributed by atoms with Crippen molar-refractivity contribution in [2.45, 2.75) is 38.6 Å². The highest BCUT2D eigenvalue weighted by molar-refractivity contribution is 7.85. The number of rotatable bonds is 9. The number of hydrogen-bond acceptors (Lipinski definition) is 6. The molecule has 0 bridgehead atoms. The second-order valence-electron chi connectivity index (χ2n) is 6.64. The highest BCUT2D eigenvalue weighted by Gasteiger charge is 2.32. The highest BCUT2D eigenvalue weighted by Crippen LogP contribution is 2.27. The number of hydrogen-bond donors (Lipinski definition) is 0. The molecule has 2 aromatic rings. The highest BCUT2D eigenvalue weighted by atomic mass is 32.2. The summed E-state index contributed by atoms with van der Waals surface area (Å²) in [6, 6.07) is 3.30. The molecule has 0 aromatic carbocycles. The summed E-state index contributed by atoms with van der Waals surface area (Å²) in [7, 11) is -3.36. The Morgan fingerprint density at radius 3 is 2.48 bits per heavy atom. The van der Waals surface area contributed by atoms with E-state index in [2.05, 4.69) is 4.98 Å². The Labute approximate surface area is 158 Å². The number of pyridine rings is 1. The van der Waals surface area contributed by atoms with E-state index in [9.17, 15) is 18.0 Å². The van der Waals surface area contributed by atoms with E-state index >= 15 is 0 Å². The fraction of sp³-hybridized carbons (Fsp3) is 0.421. The molecule has 1 aliphatic carbocycles. The molecule has 27 heavy (non-hydrogen) atoms. The van der Waals surface area contributed by atoms with Crippen molar-refractivity contribution in [3.63, 3.8) is 0 Å². The number of fused-ring (bicyclic) bond motifs is 2. The van der Waals surface area contributed by atoms with Gasteiger partial charge in [-0.25, -0.2) is 0 Å². The molecule has 3 rings (SSSR count). The fourth-order valence-corrected chi connectivity index (χ4v) is 3.69. The van der Waals surface area contributed by atoms with Crippen molar-refractivity contribution in [1.82, 2.24) is 9.55 Å². The van der Waals surface area contributed by atoms with Crippen LogP contribution in [0.4, 0.5) is 0 Å². The second-order valence-corrected chi connectivity index (χ2v) is 8.29. The van der Waals surface area contributed by atoms with Crippen LogP contribution in [-0.2, 0) is 20.8 Å². The first-order valence-electron chi connectivity index (χ1n) is 8.95. The van der Waals surface area contributed by atoms with Gasteiger partial charge in [-0.2, -0.15) is 8.42 Å². The predicted octanol–water partition coefficient (Wildman–Crippen LogP) is 2.59. The van der Waals surface area contributed by atoms with Crippen LogP contribution in [-0.4, -0.2) is 42.4 Å². The van der Waals surface area contributed by atoms with Crippen molar-refractivity contribution in [2.24, 2.45) is 0 Å². The number of aryl methyl sites for hydroxylation is 1. The van der Waals surface area contributed by atoms with Gasteiger partial charge in [0.25, 0.3) is 10.1 Å². The Morgan fingerprint density at radius 2 is 1.70 bits per heavy atom. The summed E-state index contributed by atoms with van der Waals surface area (Å²) in [5.41, 5.74) is 1.68. The molecule has 144 valence electrons. The van der Waals surface area contributed by atoms with E-state index in [1.54, 1.807) is 18.3 Å². The molecule has 0 unspecified atom stereocenters. The largest absolute Gasteiger partial charge is 0.344 e.